The van der Waals surface area contributed by atoms with Gasteiger partial charge in [-0.25, -0.2) is 0 Å². The molecule has 0 spiro atoms. The van der Waals surface area contributed by atoms with Gasteiger partial charge in [0.2, 0.25) is 0 Å². The standard InChI is InChI=1S/C11H25NOS/c1-4-5-6-7-14-10(2)8-11(3,13)9-12/h10,13H,4-9,12H2,1-3H3. The Morgan fingerprint density at radius 1 is 1.43 bits per heavy atom. The van der Waals surface area contributed by atoms with Gasteiger partial charge in [-0.15, -0.1) is 0 Å². The Labute approximate surface area is 92.6 Å². The number of thioether (sulfide) groups is 1. The molecule has 3 heteroatoms. The van der Waals surface area contributed by atoms with Gasteiger partial charge in [0.25, 0.3) is 0 Å². The summed E-state index contributed by atoms with van der Waals surface area (Å²) < 4.78 is 0. The Morgan fingerprint density at radius 2 is 2.07 bits per heavy atom. The molecule has 86 valence electrons. The molecular formula is C11H25NOS. The molecule has 2 unspecified atom stereocenters. The zero-order chi connectivity index (χ0) is 11.0. The molecule has 14 heavy (non-hydrogen) atoms. The summed E-state index contributed by atoms with van der Waals surface area (Å²) in [7, 11) is 0. The van der Waals surface area contributed by atoms with Gasteiger partial charge in [0.15, 0.2) is 0 Å². The van der Waals surface area contributed by atoms with E-state index in [0.29, 0.717) is 11.8 Å². The molecule has 2 nitrogen and oxygen atoms in total. The van der Waals surface area contributed by atoms with E-state index in [9.17, 15) is 5.11 Å². The lowest BCUT2D eigenvalue weighted by Gasteiger charge is -2.24. The van der Waals surface area contributed by atoms with Crippen molar-refractivity contribution in [3.05, 3.63) is 0 Å². The van der Waals surface area contributed by atoms with Crippen LogP contribution in [0, 0.1) is 0 Å². The maximum Gasteiger partial charge on any atom is 0.0751 e. The number of rotatable bonds is 8. The minimum Gasteiger partial charge on any atom is -0.389 e. The second kappa shape index (κ2) is 7.55. The van der Waals surface area contributed by atoms with Crippen LogP contribution in [0.3, 0.4) is 0 Å². The predicted molar refractivity (Wildman–Crippen MR) is 65.7 cm³/mol. The van der Waals surface area contributed by atoms with Gasteiger partial charge >= 0.3 is 0 Å². The van der Waals surface area contributed by atoms with Crippen LogP contribution in [0.5, 0.6) is 0 Å². The molecule has 0 amide bonds. The molecule has 0 heterocycles. The van der Waals surface area contributed by atoms with Gasteiger partial charge in [0.05, 0.1) is 5.60 Å². The molecule has 2 atom stereocenters. The highest BCUT2D eigenvalue weighted by Crippen LogP contribution is 2.22. The van der Waals surface area contributed by atoms with Crippen molar-refractivity contribution in [3.63, 3.8) is 0 Å². The first-order valence-corrected chi connectivity index (χ1v) is 6.60. The molecule has 0 aliphatic rings. The van der Waals surface area contributed by atoms with Gasteiger partial charge in [-0.3, -0.25) is 0 Å². The van der Waals surface area contributed by atoms with Crippen molar-refractivity contribution in [1.29, 1.82) is 0 Å². The van der Waals surface area contributed by atoms with Crippen molar-refractivity contribution in [2.75, 3.05) is 12.3 Å². The Morgan fingerprint density at radius 3 is 2.57 bits per heavy atom. The lowest BCUT2D eigenvalue weighted by molar-refractivity contribution is 0.0608. The average molecular weight is 219 g/mol. The molecule has 3 N–H and O–H groups in total. The molecule has 0 saturated carbocycles. The average Bonchev–Trinajstić information content (AvgIpc) is 2.12. The number of aliphatic hydroxyl groups is 1. The Hall–Kier alpha value is 0.270. The second-order valence-electron chi connectivity index (χ2n) is 4.29. The molecule has 0 aromatic rings. The minimum atomic E-state index is -0.683. The normalized spacial score (nSPS) is 17.8. The number of nitrogens with two attached hydrogens (primary N) is 1. The summed E-state index contributed by atoms with van der Waals surface area (Å²) in [6.45, 7) is 6.55. The van der Waals surface area contributed by atoms with Gasteiger partial charge in [0, 0.05) is 11.8 Å². The smallest absolute Gasteiger partial charge is 0.0751 e. The monoisotopic (exact) mass is 219 g/mol. The minimum absolute atomic E-state index is 0.354. The van der Waals surface area contributed by atoms with Gasteiger partial charge in [-0.05, 0) is 25.5 Å². The highest BCUT2D eigenvalue weighted by Gasteiger charge is 2.21. The summed E-state index contributed by atoms with van der Waals surface area (Å²) in [6, 6.07) is 0. The fraction of sp³-hybridized carbons (Fsp3) is 1.00. The van der Waals surface area contributed by atoms with Crippen molar-refractivity contribution in [2.45, 2.75) is 57.3 Å². The molecule has 0 rings (SSSR count). The fourth-order valence-corrected chi connectivity index (χ4v) is 2.65. The van der Waals surface area contributed by atoms with E-state index in [1.54, 1.807) is 0 Å². The predicted octanol–water partition coefficient (Wildman–Crippen LogP) is 2.40. The maximum atomic E-state index is 9.76. The van der Waals surface area contributed by atoms with Crippen LogP contribution in [-0.2, 0) is 0 Å². The van der Waals surface area contributed by atoms with Crippen molar-refractivity contribution in [1.82, 2.24) is 0 Å². The number of unbranched alkanes of at least 4 members (excludes halogenated alkanes) is 2. The summed E-state index contributed by atoms with van der Waals surface area (Å²) >= 11 is 1.94. The summed E-state index contributed by atoms with van der Waals surface area (Å²) in [4.78, 5) is 0. The van der Waals surface area contributed by atoms with E-state index < -0.39 is 5.60 Å². The Balaban J connectivity index is 3.49. The summed E-state index contributed by atoms with van der Waals surface area (Å²) in [6.07, 6.45) is 4.67. The van der Waals surface area contributed by atoms with E-state index in [1.807, 2.05) is 18.7 Å². The Kier molecular flexibility index (Phi) is 7.69. The third-order valence-corrected chi connectivity index (χ3v) is 3.58. The maximum absolute atomic E-state index is 9.76. The van der Waals surface area contributed by atoms with E-state index in [2.05, 4.69) is 13.8 Å². The summed E-state index contributed by atoms with van der Waals surface area (Å²) in [5.41, 5.74) is 4.79. The van der Waals surface area contributed by atoms with Gasteiger partial charge < -0.3 is 10.8 Å². The third kappa shape index (κ3) is 7.65. The van der Waals surface area contributed by atoms with Crippen LogP contribution in [0.15, 0.2) is 0 Å². The van der Waals surface area contributed by atoms with Crippen molar-refractivity contribution in [3.8, 4) is 0 Å². The zero-order valence-corrected chi connectivity index (χ0v) is 10.6. The quantitative estimate of drug-likeness (QED) is 0.616. The SMILES string of the molecule is CCCCCSC(C)CC(C)(O)CN. The first kappa shape index (κ1) is 14.3. The summed E-state index contributed by atoms with van der Waals surface area (Å²) in [5, 5.41) is 10.3. The van der Waals surface area contributed by atoms with Crippen LogP contribution >= 0.6 is 11.8 Å². The van der Waals surface area contributed by atoms with Crippen molar-refractivity contribution in [2.24, 2.45) is 5.73 Å². The van der Waals surface area contributed by atoms with Gasteiger partial charge in [-0.2, -0.15) is 11.8 Å². The van der Waals surface area contributed by atoms with Crippen LogP contribution in [0.25, 0.3) is 0 Å². The van der Waals surface area contributed by atoms with Crippen LogP contribution in [0.1, 0.15) is 46.5 Å². The molecule has 0 saturated heterocycles. The molecule has 0 aliphatic heterocycles. The molecule has 0 aromatic carbocycles. The lowest BCUT2D eigenvalue weighted by Crippen LogP contribution is -2.36. The largest absolute Gasteiger partial charge is 0.389 e. The van der Waals surface area contributed by atoms with Gasteiger partial charge in [0.1, 0.15) is 0 Å². The van der Waals surface area contributed by atoms with Crippen LogP contribution in [-0.4, -0.2) is 28.3 Å². The second-order valence-corrected chi connectivity index (χ2v) is 5.84. The van der Waals surface area contributed by atoms with Crippen molar-refractivity contribution < 1.29 is 5.11 Å². The van der Waals surface area contributed by atoms with E-state index >= 15 is 0 Å². The highest BCUT2D eigenvalue weighted by molar-refractivity contribution is 7.99. The van der Waals surface area contributed by atoms with E-state index in [4.69, 9.17) is 5.73 Å². The molecule has 0 aromatic heterocycles. The van der Waals surface area contributed by atoms with E-state index in [-0.39, 0.29) is 0 Å². The topological polar surface area (TPSA) is 46.2 Å². The number of hydrogen-bond donors (Lipinski definition) is 2. The molecule has 0 aliphatic carbocycles. The molecule has 0 radical (unpaired) electrons. The summed E-state index contributed by atoms with van der Waals surface area (Å²) in [5.74, 6) is 1.20. The fourth-order valence-electron chi connectivity index (χ4n) is 1.40. The Bertz CT molecular complexity index is 139. The van der Waals surface area contributed by atoms with Gasteiger partial charge in [-0.1, -0.05) is 26.7 Å². The van der Waals surface area contributed by atoms with E-state index in [1.165, 1.54) is 25.0 Å². The third-order valence-electron chi connectivity index (χ3n) is 2.32. The van der Waals surface area contributed by atoms with Crippen LogP contribution in [0.2, 0.25) is 0 Å². The number of hydrogen-bond acceptors (Lipinski definition) is 3. The molecule has 0 fully saturated rings. The highest BCUT2D eigenvalue weighted by atomic mass is 32.2. The lowest BCUT2D eigenvalue weighted by atomic mass is 10.0. The molecule has 0 bridgehead atoms. The van der Waals surface area contributed by atoms with E-state index in [0.717, 1.165) is 6.42 Å². The first-order valence-electron chi connectivity index (χ1n) is 5.56. The zero-order valence-electron chi connectivity index (χ0n) is 9.75. The first-order chi connectivity index (χ1) is 6.52. The van der Waals surface area contributed by atoms with Crippen molar-refractivity contribution >= 4 is 11.8 Å². The van der Waals surface area contributed by atoms with Crippen LogP contribution in [0.4, 0.5) is 0 Å². The molecular weight excluding hydrogens is 194 g/mol. The van der Waals surface area contributed by atoms with Crippen LogP contribution < -0.4 is 5.73 Å².